The third-order valence-electron chi connectivity index (χ3n) is 4.71. The molecule has 4 nitrogen and oxygen atoms in total. The minimum absolute atomic E-state index is 0.145. The Balaban J connectivity index is 1.82. The summed E-state index contributed by atoms with van der Waals surface area (Å²) in [7, 11) is 0. The minimum Gasteiger partial charge on any atom is -0.494 e. The molecule has 0 spiro atoms. The molecule has 0 heterocycles. The van der Waals surface area contributed by atoms with Crippen molar-refractivity contribution in [3.05, 3.63) is 59.7 Å². The Morgan fingerprint density at radius 3 is 1.34 bits per heavy atom. The fourth-order valence-electron chi connectivity index (χ4n) is 2.91. The molecule has 0 saturated carbocycles. The Morgan fingerprint density at radius 1 is 0.621 bits per heavy atom. The Labute approximate surface area is 174 Å². The highest BCUT2D eigenvalue weighted by Crippen LogP contribution is 2.17. The summed E-state index contributed by atoms with van der Waals surface area (Å²) in [5.41, 5.74) is 1.05. The number of benzene rings is 2. The fourth-order valence-corrected chi connectivity index (χ4v) is 2.91. The largest absolute Gasteiger partial charge is 0.494 e. The molecule has 2 aromatic carbocycles. The normalized spacial score (nSPS) is 10.6. The molecule has 0 aliphatic rings. The maximum Gasteiger partial charge on any atom is 0.170 e. The van der Waals surface area contributed by atoms with Crippen molar-refractivity contribution in [1.82, 2.24) is 0 Å². The highest BCUT2D eigenvalue weighted by molar-refractivity contribution is 6.13. The number of unbranched alkanes of at least 4 members (excludes halogenated alkanes) is 4. The van der Waals surface area contributed by atoms with E-state index in [1.165, 1.54) is 0 Å². The van der Waals surface area contributed by atoms with E-state index >= 15 is 0 Å². The molecule has 2 aromatic rings. The summed E-state index contributed by atoms with van der Waals surface area (Å²) in [5, 5.41) is 0. The van der Waals surface area contributed by atoms with E-state index in [9.17, 15) is 9.59 Å². The van der Waals surface area contributed by atoms with Crippen molar-refractivity contribution in [2.24, 2.45) is 0 Å². The summed E-state index contributed by atoms with van der Waals surface area (Å²) in [6.45, 7) is 5.66. The first kappa shape index (κ1) is 22.7. The van der Waals surface area contributed by atoms with E-state index in [1.807, 2.05) is 0 Å². The van der Waals surface area contributed by atoms with Gasteiger partial charge in [0.15, 0.2) is 11.6 Å². The lowest BCUT2D eigenvalue weighted by Gasteiger charge is -2.07. The van der Waals surface area contributed by atoms with E-state index in [0.29, 0.717) is 24.3 Å². The first-order chi connectivity index (χ1) is 14.1. The van der Waals surface area contributed by atoms with E-state index in [-0.39, 0.29) is 18.0 Å². The molecule has 156 valence electrons. The van der Waals surface area contributed by atoms with Crippen LogP contribution in [-0.4, -0.2) is 24.8 Å². The zero-order valence-corrected chi connectivity index (χ0v) is 17.6. The smallest absolute Gasteiger partial charge is 0.170 e. The van der Waals surface area contributed by atoms with Crippen LogP contribution in [0.5, 0.6) is 11.5 Å². The van der Waals surface area contributed by atoms with E-state index in [2.05, 4.69) is 13.8 Å². The maximum absolute atomic E-state index is 12.4. The molecule has 0 unspecified atom stereocenters. The SMILES string of the molecule is CCCCCOc1ccc(C(=O)CC(=O)c2ccc(OCCCCC)cc2)cc1. The lowest BCUT2D eigenvalue weighted by molar-refractivity contribution is 0.0894. The van der Waals surface area contributed by atoms with Gasteiger partial charge in [-0.2, -0.15) is 0 Å². The van der Waals surface area contributed by atoms with Gasteiger partial charge in [-0.3, -0.25) is 9.59 Å². The predicted molar refractivity (Wildman–Crippen MR) is 116 cm³/mol. The van der Waals surface area contributed by atoms with Crippen molar-refractivity contribution in [1.29, 1.82) is 0 Å². The van der Waals surface area contributed by atoms with Crippen LogP contribution in [0.4, 0.5) is 0 Å². The second-order valence-corrected chi connectivity index (χ2v) is 7.18. The molecule has 0 radical (unpaired) electrons. The van der Waals surface area contributed by atoms with E-state index in [4.69, 9.17) is 9.47 Å². The van der Waals surface area contributed by atoms with Crippen molar-refractivity contribution in [2.75, 3.05) is 13.2 Å². The van der Waals surface area contributed by atoms with E-state index in [0.717, 1.165) is 50.0 Å². The summed E-state index contributed by atoms with van der Waals surface area (Å²) < 4.78 is 11.3. The van der Waals surface area contributed by atoms with Crippen molar-refractivity contribution in [3.8, 4) is 11.5 Å². The quantitative estimate of drug-likeness (QED) is 0.214. The number of hydrogen-bond donors (Lipinski definition) is 0. The van der Waals surface area contributed by atoms with Crippen molar-refractivity contribution < 1.29 is 19.1 Å². The second-order valence-electron chi connectivity index (χ2n) is 7.18. The van der Waals surface area contributed by atoms with Gasteiger partial charge in [0.05, 0.1) is 19.6 Å². The molecule has 0 amide bonds. The van der Waals surface area contributed by atoms with Gasteiger partial charge in [0.2, 0.25) is 0 Å². The zero-order valence-electron chi connectivity index (χ0n) is 17.6. The molecule has 0 aliphatic heterocycles. The monoisotopic (exact) mass is 396 g/mol. The van der Waals surface area contributed by atoms with Crippen molar-refractivity contribution in [3.63, 3.8) is 0 Å². The predicted octanol–water partition coefficient (Wildman–Crippen LogP) is 6.28. The van der Waals surface area contributed by atoms with Gasteiger partial charge >= 0.3 is 0 Å². The van der Waals surface area contributed by atoms with Gasteiger partial charge in [-0.1, -0.05) is 39.5 Å². The zero-order chi connectivity index (χ0) is 20.9. The number of Topliss-reactive ketones (excluding diaryl/α,β-unsaturated/α-hetero) is 2. The van der Waals surface area contributed by atoms with E-state index < -0.39 is 0 Å². The molecule has 2 rings (SSSR count). The van der Waals surface area contributed by atoms with Crippen LogP contribution < -0.4 is 9.47 Å². The van der Waals surface area contributed by atoms with Crippen LogP contribution >= 0.6 is 0 Å². The molecule has 29 heavy (non-hydrogen) atoms. The summed E-state index contributed by atoms with van der Waals surface area (Å²) in [6, 6.07) is 14.0. The van der Waals surface area contributed by atoms with Gasteiger partial charge in [0.1, 0.15) is 11.5 Å². The van der Waals surface area contributed by atoms with Gasteiger partial charge in [0.25, 0.3) is 0 Å². The van der Waals surface area contributed by atoms with Crippen LogP contribution in [0.1, 0.15) is 79.5 Å². The van der Waals surface area contributed by atoms with Gasteiger partial charge in [-0.25, -0.2) is 0 Å². The van der Waals surface area contributed by atoms with Gasteiger partial charge in [0, 0.05) is 11.1 Å². The highest BCUT2D eigenvalue weighted by Gasteiger charge is 2.14. The average molecular weight is 397 g/mol. The number of hydrogen-bond acceptors (Lipinski definition) is 4. The third kappa shape index (κ3) is 8.10. The minimum atomic E-state index is -0.188. The molecular weight excluding hydrogens is 364 g/mol. The summed E-state index contributed by atoms with van der Waals surface area (Å²) in [4.78, 5) is 24.8. The van der Waals surface area contributed by atoms with Crippen LogP contribution in [0, 0.1) is 0 Å². The van der Waals surface area contributed by atoms with E-state index in [1.54, 1.807) is 48.5 Å². The maximum atomic E-state index is 12.4. The van der Waals surface area contributed by atoms with Crippen LogP contribution in [0.15, 0.2) is 48.5 Å². The average Bonchev–Trinajstić information content (AvgIpc) is 2.75. The Hall–Kier alpha value is -2.62. The molecule has 4 heteroatoms. The number of ketones is 2. The van der Waals surface area contributed by atoms with Crippen LogP contribution in [0.2, 0.25) is 0 Å². The molecule has 0 aromatic heterocycles. The molecular formula is C25H32O4. The number of carbonyl (C=O) groups excluding carboxylic acids is 2. The third-order valence-corrected chi connectivity index (χ3v) is 4.71. The lowest BCUT2D eigenvalue weighted by Crippen LogP contribution is -2.09. The number of carbonyl (C=O) groups is 2. The standard InChI is InChI=1S/C25H32O4/c1-3-5-7-17-28-22-13-9-20(10-14-22)24(26)19-25(27)21-11-15-23(16-12-21)29-18-8-6-4-2/h9-16H,3-8,17-19H2,1-2H3. The molecule has 0 atom stereocenters. The highest BCUT2D eigenvalue weighted by atomic mass is 16.5. The fraction of sp³-hybridized carbons (Fsp3) is 0.440. The molecule has 0 N–H and O–H groups in total. The Bertz CT molecular complexity index is 682. The summed E-state index contributed by atoms with van der Waals surface area (Å²) in [5.74, 6) is 1.12. The Morgan fingerprint density at radius 2 is 1.00 bits per heavy atom. The molecule has 0 saturated heterocycles. The van der Waals surface area contributed by atoms with Crippen LogP contribution in [0.3, 0.4) is 0 Å². The lowest BCUT2D eigenvalue weighted by atomic mass is 10.0. The number of ether oxygens (including phenoxy) is 2. The second kappa shape index (κ2) is 12.8. The number of rotatable bonds is 14. The van der Waals surface area contributed by atoms with Gasteiger partial charge < -0.3 is 9.47 Å². The summed E-state index contributed by atoms with van der Waals surface area (Å²) in [6.07, 6.45) is 6.49. The topological polar surface area (TPSA) is 52.6 Å². The van der Waals surface area contributed by atoms with Gasteiger partial charge in [-0.15, -0.1) is 0 Å². The van der Waals surface area contributed by atoms with Crippen LogP contribution in [0.25, 0.3) is 0 Å². The molecule has 0 aliphatic carbocycles. The molecule has 0 fully saturated rings. The first-order valence-corrected chi connectivity index (χ1v) is 10.7. The Kier molecular flexibility index (Phi) is 9.98. The van der Waals surface area contributed by atoms with Gasteiger partial charge in [-0.05, 0) is 61.4 Å². The first-order valence-electron chi connectivity index (χ1n) is 10.7. The summed E-state index contributed by atoms with van der Waals surface area (Å²) >= 11 is 0. The van der Waals surface area contributed by atoms with Crippen molar-refractivity contribution >= 4 is 11.6 Å². The molecule has 0 bridgehead atoms. The van der Waals surface area contributed by atoms with Crippen molar-refractivity contribution in [2.45, 2.75) is 58.8 Å². The van der Waals surface area contributed by atoms with Crippen LogP contribution in [-0.2, 0) is 0 Å².